The van der Waals surface area contributed by atoms with Crippen LogP contribution < -0.4 is 5.32 Å². The lowest BCUT2D eigenvalue weighted by Gasteiger charge is -2.12. The van der Waals surface area contributed by atoms with Crippen molar-refractivity contribution in [2.75, 3.05) is 5.32 Å². The van der Waals surface area contributed by atoms with Crippen LogP contribution in [0.5, 0.6) is 0 Å². The Hall–Kier alpha value is -2.19. The summed E-state index contributed by atoms with van der Waals surface area (Å²) < 4.78 is 38.6. The van der Waals surface area contributed by atoms with E-state index >= 15 is 0 Å². The Morgan fingerprint density at radius 2 is 1.71 bits per heavy atom. The van der Waals surface area contributed by atoms with Gasteiger partial charge < -0.3 is 5.32 Å². The summed E-state index contributed by atoms with van der Waals surface area (Å²) in [6.07, 6.45) is -4.58. The van der Waals surface area contributed by atoms with Gasteiger partial charge in [-0.15, -0.1) is 0 Å². The molecule has 0 atom stereocenters. The van der Waals surface area contributed by atoms with Crippen LogP contribution >= 0.6 is 11.6 Å². The van der Waals surface area contributed by atoms with Gasteiger partial charge in [0.25, 0.3) is 0 Å². The SMILES string of the molecule is Cc1ccc(Nc2ccc(C#N)c(C(F)(F)F)c2)cc1Cl. The number of nitriles is 1. The summed E-state index contributed by atoms with van der Waals surface area (Å²) >= 11 is 5.97. The zero-order valence-electron chi connectivity index (χ0n) is 10.9. The number of aryl methyl sites for hydroxylation is 1. The van der Waals surface area contributed by atoms with Gasteiger partial charge in [0.1, 0.15) is 0 Å². The van der Waals surface area contributed by atoms with Gasteiger partial charge in [-0.1, -0.05) is 17.7 Å². The topological polar surface area (TPSA) is 35.8 Å². The van der Waals surface area contributed by atoms with Gasteiger partial charge in [0.15, 0.2) is 0 Å². The molecule has 0 aliphatic rings. The predicted octanol–water partition coefficient (Wildman–Crippen LogP) is 5.28. The van der Waals surface area contributed by atoms with Crippen LogP contribution in [0.1, 0.15) is 16.7 Å². The number of nitrogens with one attached hydrogen (secondary N) is 1. The fourth-order valence-electron chi connectivity index (χ4n) is 1.79. The zero-order chi connectivity index (χ0) is 15.6. The minimum absolute atomic E-state index is 0.237. The van der Waals surface area contributed by atoms with E-state index in [2.05, 4.69) is 5.32 Å². The average Bonchev–Trinajstić information content (AvgIpc) is 2.42. The van der Waals surface area contributed by atoms with E-state index in [1.54, 1.807) is 24.3 Å². The largest absolute Gasteiger partial charge is 0.417 e. The molecule has 2 rings (SSSR count). The smallest absolute Gasteiger partial charge is 0.355 e. The summed E-state index contributed by atoms with van der Waals surface area (Å²) in [4.78, 5) is 0. The summed E-state index contributed by atoms with van der Waals surface area (Å²) in [6, 6.07) is 10.1. The molecule has 0 aliphatic carbocycles. The molecule has 1 N–H and O–H groups in total. The second-order valence-corrected chi connectivity index (χ2v) is 4.87. The average molecular weight is 311 g/mol. The van der Waals surface area contributed by atoms with Gasteiger partial charge in [0, 0.05) is 16.4 Å². The molecule has 0 fully saturated rings. The molecule has 0 saturated heterocycles. The maximum atomic E-state index is 12.9. The highest BCUT2D eigenvalue weighted by atomic mass is 35.5. The van der Waals surface area contributed by atoms with Crippen LogP contribution in [0.3, 0.4) is 0 Å². The molecule has 0 bridgehead atoms. The number of benzene rings is 2. The van der Waals surface area contributed by atoms with E-state index in [1.807, 2.05) is 6.92 Å². The third kappa shape index (κ3) is 3.47. The van der Waals surface area contributed by atoms with E-state index in [4.69, 9.17) is 16.9 Å². The zero-order valence-corrected chi connectivity index (χ0v) is 11.7. The first-order valence-electron chi connectivity index (χ1n) is 5.96. The van der Waals surface area contributed by atoms with Crippen LogP contribution in [-0.2, 0) is 6.18 Å². The monoisotopic (exact) mass is 310 g/mol. The van der Waals surface area contributed by atoms with Crippen molar-refractivity contribution >= 4 is 23.0 Å². The maximum Gasteiger partial charge on any atom is 0.417 e. The fraction of sp³-hybridized carbons (Fsp3) is 0.133. The molecule has 0 unspecified atom stereocenters. The standard InChI is InChI=1S/C15H10ClF3N2/c1-9-2-4-12(7-14(9)16)21-11-5-3-10(8-20)13(6-11)15(17,18)19/h2-7,21H,1H3. The third-order valence-electron chi connectivity index (χ3n) is 2.91. The number of halogens is 4. The van der Waals surface area contributed by atoms with Crippen LogP contribution in [0.25, 0.3) is 0 Å². The molecule has 0 radical (unpaired) electrons. The van der Waals surface area contributed by atoms with Crippen molar-refractivity contribution in [3.8, 4) is 6.07 Å². The summed E-state index contributed by atoms with van der Waals surface area (Å²) in [5, 5.41) is 12.1. The Balaban J connectivity index is 2.37. The molecule has 2 nitrogen and oxygen atoms in total. The Bertz CT molecular complexity index is 718. The molecule has 0 heterocycles. The number of hydrogen-bond donors (Lipinski definition) is 1. The van der Waals surface area contributed by atoms with Gasteiger partial charge in [0.05, 0.1) is 17.2 Å². The molecular formula is C15H10ClF3N2. The van der Waals surface area contributed by atoms with Gasteiger partial charge in [-0.3, -0.25) is 0 Å². The van der Waals surface area contributed by atoms with Crippen molar-refractivity contribution < 1.29 is 13.2 Å². The van der Waals surface area contributed by atoms with Crippen LogP contribution in [-0.4, -0.2) is 0 Å². The van der Waals surface area contributed by atoms with Crippen LogP contribution in [0.15, 0.2) is 36.4 Å². The van der Waals surface area contributed by atoms with Gasteiger partial charge in [-0.05, 0) is 42.8 Å². The summed E-state index contributed by atoms with van der Waals surface area (Å²) in [5.74, 6) is 0. The predicted molar refractivity (Wildman–Crippen MR) is 75.6 cm³/mol. The van der Waals surface area contributed by atoms with Crippen molar-refractivity contribution in [2.45, 2.75) is 13.1 Å². The Morgan fingerprint density at radius 1 is 1.10 bits per heavy atom. The summed E-state index contributed by atoms with van der Waals surface area (Å²) in [7, 11) is 0. The van der Waals surface area contributed by atoms with Gasteiger partial charge in [-0.2, -0.15) is 18.4 Å². The Labute approximate surface area is 124 Å². The number of anilines is 2. The molecule has 108 valence electrons. The molecule has 0 spiro atoms. The van der Waals surface area contributed by atoms with Gasteiger partial charge >= 0.3 is 6.18 Å². The summed E-state index contributed by atoms with van der Waals surface area (Å²) in [5.41, 5.74) is 0.311. The number of nitrogens with zero attached hydrogens (tertiary/aromatic N) is 1. The Kier molecular flexibility index (Phi) is 4.10. The summed E-state index contributed by atoms with van der Waals surface area (Å²) in [6.45, 7) is 1.83. The van der Waals surface area contributed by atoms with Crippen molar-refractivity contribution in [3.63, 3.8) is 0 Å². The van der Waals surface area contributed by atoms with Crippen molar-refractivity contribution in [3.05, 3.63) is 58.1 Å². The Morgan fingerprint density at radius 3 is 2.29 bits per heavy atom. The quantitative estimate of drug-likeness (QED) is 0.819. The highest BCUT2D eigenvalue weighted by molar-refractivity contribution is 6.31. The fourth-order valence-corrected chi connectivity index (χ4v) is 1.97. The lowest BCUT2D eigenvalue weighted by Crippen LogP contribution is -2.08. The highest BCUT2D eigenvalue weighted by Gasteiger charge is 2.33. The first-order valence-corrected chi connectivity index (χ1v) is 6.33. The third-order valence-corrected chi connectivity index (χ3v) is 3.31. The van der Waals surface area contributed by atoms with Crippen LogP contribution in [0.4, 0.5) is 24.5 Å². The van der Waals surface area contributed by atoms with Crippen molar-refractivity contribution in [1.82, 2.24) is 0 Å². The van der Waals surface area contributed by atoms with E-state index in [1.165, 1.54) is 6.07 Å². The van der Waals surface area contributed by atoms with E-state index in [-0.39, 0.29) is 5.69 Å². The van der Waals surface area contributed by atoms with Crippen LogP contribution in [0, 0.1) is 18.3 Å². The molecule has 0 saturated carbocycles. The first kappa shape index (κ1) is 15.2. The van der Waals surface area contributed by atoms with Gasteiger partial charge in [-0.25, -0.2) is 0 Å². The molecule has 0 aliphatic heterocycles. The molecule has 0 amide bonds. The van der Waals surface area contributed by atoms with E-state index in [0.717, 1.165) is 17.7 Å². The van der Waals surface area contributed by atoms with Crippen LogP contribution in [0.2, 0.25) is 5.02 Å². The van der Waals surface area contributed by atoms with E-state index in [9.17, 15) is 13.2 Å². The number of rotatable bonds is 2. The van der Waals surface area contributed by atoms with Crippen molar-refractivity contribution in [1.29, 1.82) is 5.26 Å². The lowest BCUT2D eigenvalue weighted by molar-refractivity contribution is -0.137. The lowest BCUT2D eigenvalue weighted by atomic mass is 10.1. The first-order chi connectivity index (χ1) is 9.81. The van der Waals surface area contributed by atoms with Crippen molar-refractivity contribution in [2.24, 2.45) is 0 Å². The molecule has 21 heavy (non-hydrogen) atoms. The molecule has 0 aromatic heterocycles. The van der Waals surface area contributed by atoms with E-state index in [0.29, 0.717) is 10.7 Å². The number of hydrogen-bond acceptors (Lipinski definition) is 2. The maximum absolute atomic E-state index is 12.9. The highest BCUT2D eigenvalue weighted by Crippen LogP contribution is 2.34. The second kappa shape index (κ2) is 5.66. The number of alkyl halides is 3. The van der Waals surface area contributed by atoms with Gasteiger partial charge in [0.2, 0.25) is 0 Å². The normalized spacial score (nSPS) is 11.0. The molecule has 2 aromatic rings. The minimum atomic E-state index is -4.58. The molecular weight excluding hydrogens is 301 g/mol. The molecule has 2 aromatic carbocycles. The minimum Gasteiger partial charge on any atom is -0.355 e. The molecule has 6 heteroatoms. The second-order valence-electron chi connectivity index (χ2n) is 4.46. The van der Waals surface area contributed by atoms with E-state index < -0.39 is 17.3 Å².